The van der Waals surface area contributed by atoms with Crippen LogP contribution in [0.3, 0.4) is 0 Å². The van der Waals surface area contributed by atoms with Crippen LogP contribution in [0.15, 0.2) is 24.3 Å². The van der Waals surface area contributed by atoms with Gasteiger partial charge in [-0.05, 0) is 43.0 Å². The van der Waals surface area contributed by atoms with E-state index in [2.05, 4.69) is 24.0 Å². The third-order valence-electron chi connectivity index (χ3n) is 3.78. The Kier molecular flexibility index (Phi) is 4.61. The maximum Gasteiger partial charge on any atom is 0.118 e. The molecule has 0 bridgehead atoms. The third kappa shape index (κ3) is 3.47. The van der Waals surface area contributed by atoms with E-state index < -0.39 is 0 Å². The molecular weight excluding hydrogens is 224 g/mol. The molecule has 2 atom stereocenters. The van der Waals surface area contributed by atoms with E-state index >= 15 is 0 Å². The molecule has 1 aromatic rings. The van der Waals surface area contributed by atoms with Gasteiger partial charge < -0.3 is 15.4 Å². The molecule has 3 nitrogen and oxygen atoms in total. The molecule has 1 aliphatic rings. The van der Waals surface area contributed by atoms with Crippen molar-refractivity contribution in [2.24, 2.45) is 11.7 Å². The van der Waals surface area contributed by atoms with Gasteiger partial charge in [0.1, 0.15) is 5.75 Å². The van der Waals surface area contributed by atoms with Crippen LogP contribution in [0.1, 0.15) is 18.9 Å². The first kappa shape index (κ1) is 13.4. The number of hydrogen-bond acceptors (Lipinski definition) is 3. The number of likely N-dealkylation sites (N-methyl/N-ethyl adjacent to an activating group) is 1. The Hall–Kier alpha value is -1.06. The van der Waals surface area contributed by atoms with E-state index in [1.807, 2.05) is 12.1 Å². The van der Waals surface area contributed by atoms with Crippen LogP contribution >= 0.6 is 0 Å². The molecule has 1 heterocycles. The molecular formula is C15H24N2O. The molecule has 1 fully saturated rings. The lowest BCUT2D eigenvalue weighted by atomic mass is 9.89. The van der Waals surface area contributed by atoms with Gasteiger partial charge in [-0.25, -0.2) is 0 Å². The fraction of sp³-hybridized carbons (Fsp3) is 0.600. The molecule has 0 amide bonds. The highest BCUT2D eigenvalue weighted by atomic mass is 16.5. The summed E-state index contributed by atoms with van der Waals surface area (Å²) in [7, 11) is 1.70. The summed E-state index contributed by atoms with van der Waals surface area (Å²) in [6, 6.07) is 8.73. The minimum Gasteiger partial charge on any atom is -0.497 e. The van der Waals surface area contributed by atoms with E-state index in [4.69, 9.17) is 10.5 Å². The molecule has 18 heavy (non-hydrogen) atoms. The monoisotopic (exact) mass is 248 g/mol. The Labute approximate surface area is 110 Å². The van der Waals surface area contributed by atoms with Crippen molar-refractivity contribution in [1.29, 1.82) is 0 Å². The van der Waals surface area contributed by atoms with E-state index in [-0.39, 0.29) is 0 Å². The first-order valence-electron chi connectivity index (χ1n) is 6.82. The van der Waals surface area contributed by atoms with Crippen LogP contribution in [0, 0.1) is 5.92 Å². The van der Waals surface area contributed by atoms with Crippen molar-refractivity contribution in [2.45, 2.75) is 25.8 Å². The van der Waals surface area contributed by atoms with Gasteiger partial charge in [0.2, 0.25) is 0 Å². The highest BCUT2D eigenvalue weighted by molar-refractivity contribution is 5.27. The Balaban J connectivity index is 1.95. The molecule has 0 saturated carbocycles. The normalized spacial score (nSPS) is 25.1. The largest absolute Gasteiger partial charge is 0.497 e. The van der Waals surface area contributed by atoms with E-state index in [0.29, 0.717) is 12.0 Å². The van der Waals surface area contributed by atoms with Gasteiger partial charge in [0.05, 0.1) is 7.11 Å². The fourth-order valence-electron chi connectivity index (χ4n) is 2.85. The Morgan fingerprint density at radius 1 is 1.28 bits per heavy atom. The highest BCUT2D eigenvalue weighted by Crippen LogP contribution is 2.21. The van der Waals surface area contributed by atoms with Crippen molar-refractivity contribution >= 4 is 0 Å². The number of benzene rings is 1. The minimum atomic E-state index is 0.335. The number of nitrogens with zero attached hydrogens (tertiary/aromatic N) is 1. The van der Waals surface area contributed by atoms with Crippen molar-refractivity contribution in [3.05, 3.63) is 29.8 Å². The summed E-state index contributed by atoms with van der Waals surface area (Å²) in [5, 5.41) is 0. The highest BCUT2D eigenvalue weighted by Gasteiger charge is 2.24. The zero-order chi connectivity index (χ0) is 13.0. The van der Waals surface area contributed by atoms with Crippen molar-refractivity contribution < 1.29 is 4.74 Å². The second kappa shape index (κ2) is 6.21. The van der Waals surface area contributed by atoms with Crippen LogP contribution in [0.4, 0.5) is 0 Å². The Morgan fingerprint density at radius 3 is 2.61 bits per heavy atom. The average molecular weight is 248 g/mol. The maximum absolute atomic E-state index is 6.13. The standard InChI is InChI=1S/C15H24N2O/c1-3-17-10-13(9-14(16)11-17)8-12-4-6-15(18-2)7-5-12/h4-7,13-14H,3,8-11,16H2,1-2H3. The molecule has 0 aromatic heterocycles. The molecule has 0 spiro atoms. The number of nitrogens with two attached hydrogens (primary N) is 1. The molecule has 3 heteroatoms. The average Bonchev–Trinajstić information content (AvgIpc) is 2.39. The summed E-state index contributed by atoms with van der Waals surface area (Å²) in [5.74, 6) is 1.61. The number of likely N-dealkylation sites (tertiary alicyclic amines) is 1. The van der Waals surface area contributed by atoms with Gasteiger partial charge in [-0.1, -0.05) is 19.1 Å². The first-order valence-corrected chi connectivity index (χ1v) is 6.82. The molecule has 2 N–H and O–H groups in total. The quantitative estimate of drug-likeness (QED) is 0.884. The van der Waals surface area contributed by atoms with Gasteiger partial charge >= 0.3 is 0 Å². The summed E-state index contributed by atoms with van der Waals surface area (Å²) in [6.45, 7) is 5.54. The van der Waals surface area contributed by atoms with Crippen LogP contribution in [0.25, 0.3) is 0 Å². The van der Waals surface area contributed by atoms with Gasteiger partial charge in [-0.3, -0.25) is 0 Å². The van der Waals surface area contributed by atoms with Crippen molar-refractivity contribution in [3.8, 4) is 5.75 Å². The predicted octanol–water partition coefficient (Wildman–Crippen LogP) is 1.91. The second-order valence-corrected chi connectivity index (χ2v) is 5.27. The maximum atomic E-state index is 6.13. The van der Waals surface area contributed by atoms with Gasteiger partial charge in [-0.15, -0.1) is 0 Å². The Morgan fingerprint density at radius 2 is 2.00 bits per heavy atom. The molecule has 0 aliphatic carbocycles. The topological polar surface area (TPSA) is 38.5 Å². The van der Waals surface area contributed by atoms with Gasteiger partial charge in [0.15, 0.2) is 0 Å². The predicted molar refractivity (Wildman–Crippen MR) is 74.9 cm³/mol. The van der Waals surface area contributed by atoms with Crippen LogP contribution < -0.4 is 10.5 Å². The zero-order valence-electron chi connectivity index (χ0n) is 11.4. The van der Waals surface area contributed by atoms with E-state index in [0.717, 1.165) is 31.7 Å². The summed E-state index contributed by atoms with van der Waals surface area (Å²) in [6.07, 6.45) is 2.26. The first-order chi connectivity index (χ1) is 8.71. The lowest BCUT2D eigenvalue weighted by Crippen LogP contribution is -2.47. The lowest BCUT2D eigenvalue weighted by Gasteiger charge is -2.35. The molecule has 2 unspecified atom stereocenters. The third-order valence-corrected chi connectivity index (χ3v) is 3.78. The molecule has 1 saturated heterocycles. The number of ether oxygens (including phenoxy) is 1. The molecule has 0 radical (unpaired) electrons. The molecule has 1 aliphatic heterocycles. The number of methoxy groups -OCH3 is 1. The van der Waals surface area contributed by atoms with E-state index in [1.165, 1.54) is 12.1 Å². The smallest absolute Gasteiger partial charge is 0.118 e. The van der Waals surface area contributed by atoms with E-state index in [1.54, 1.807) is 7.11 Å². The number of hydrogen-bond donors (Lipinski definition) is 1. The van der Waals surface area contributed by atoms with Crippen LogP contribution in [-0.2, 0) is 6.42 Å². The van der Waals surface area contributed by atoms with Crippen LogP contribution in [-0.4, -0.2) is 37.7 Å². The second-order valence-electron chi connectivity index (χ2n) is 5.27. The number of piperidine rings is 1. The summed E-state index contributed by atoms with van der Waals surface area (Å²) >= 11 is 0. The lowest BCUT2D eigenvalue weighted by molar-refractivity contribution is 0.163. The van der Waals surface area contributed by atoms with Crippen molar-refractivity contribution in [3.63, 3.8) is 0 Å². The van der Waals surface area contributed by atoms with Gasteiger partial charge in [0.25, 0.3) is 0 Å². The summed E-state index contributed by atoms with van der Waals surface area (Å²) < 4.78 is 5.18. The fourth-order valence-corrected chi connectivity index (χ4v) is 2.85. The van der Waals surface area contributed by atoms with Crippen molar-refractivity contribution in [1.82, 2.24) is 4.90 Å². The summed E-state index contributed by atoms with van der Waals surface area (Å²) in [5.41, 5.74) is 7.51. The van der Waals surface area contributed by atoms with Gasteiger partial charge in [-0.2, -0.15) is 0 Å². The molecule has 2 rings (SSSR count). The van der Waals surface area contributed by atoms with Gasteiger partial charge in [0, 0.05) is 19.1 Å². The molecule has 1 aromatic carbocycles. The SMILES string of the molecule is CCN1CC(N)CC(Cc2ccc(OC)cc2)C1. The Bertz CT molecular complexity index is 363. The minimum absolute atomic E-state index is 0.335. The van der Waals surface area contributed by atoms with Crippen molar-refractivity contribution in [2.75, 3.05) is 26.7 Å². The van der Waals surface area contributed by atoms with E-state index in [9.17, 15) is 0 Å². The summed E-state index contributed by atoms with van der Waals surface area (Å²) in [4.78, 5) is 2.46. The zero-order valence-corrected chi connectivity index (χ0v) is 11.4. The van der Waals surface area contributed by atoms with Crippen LogP contribution in [0.2, 0.25) is 0 Å². The number of rotatable bonds is 4. The molecule has 100 valence electrons. The van der Waals surface area contributed by atoms with Crippen LogP contribution in [0.5, 0.6) is 5.75 Å².